The fourth-order valence-electron chi connectivity index (χ4n) is 7.58. The first-order chi connectivity index (χ1) is 26.5. The second-order valence-corrected chi connectivity index (χ2v) is 14.9. The van der Waals surface area contributed by atoms with E-state index in [0.29, 0.717) is 0 Å². The van der Waals surface area contributed by atoms with E-state index in [1.54, 1.807) is 11.3 Å². The number of furan rings is 1. The molecule has 9 rings (SSSR count). The Labute approximate surface area is 319 Å². The van der Waals surface area contributed by atoms with Crippen molar-refractivity contribution in [2.75, 3.05) is 0 Å². The smallest absolute Gasteiger partial charge is 0.136 e. The Morgan fingerprint density at radius 1 is 0.611 bits per heavy atom. The van der Waals surface area contributed by atoms with Crippen molar-refractivity contribution in [1.82, 2.24) is 0 Å². The molecule has 0 atom stereocenters. The van der Waals surface area contributed by atoms with Crippen LogP contribution in [-0.2, 0) is 0 Å². The highest BCUT2D eigenvalue weighted by atomic mass is 32.1. The van der Waals surface area contributed by atoms with Gasteiger partial charge in [0.05, 0.1) is 0 Å². The van der Waals surface area contributed by atoms with E-state index in [1.165, 1.54) is 20.5 Å². The average molecular weight is 711 g/mol. The number of fused-ring (bicyclic) bond motifs is 5. The van der Waals surface area contributed by atoms with E-state index >= 15 is 0 Å². The van der Waals surface area contributed by atoms with Crippen molar-refractivity contribution in [2.24, 2.45) is 0 Å². The molecule has 0 radical (unpaired) electrons. The van der Waals surface area contributed by atoms with Crippen LogP contribution in [0.25, 0.3) is 83.0 Å². The van der Waals surface area contributed by atoms with Gasteiger partial charge < -0.3 is 4.42 Å². The lowest BCUT2D eigenvalue weighted by Gasteiger charge is -2.15. The molecule has 0 spiro atoms. The van der Waals surface area contributed by atoms with Crippen LogP contribution in [0.4, 0.5) is 0 Å². The molecular weight excluding hydrogens is 673 g/mol. The molecule has 6 aromatic carbocycles. The third-order valence-corrected chi connectivity index (χ3v) is 11.5. The summed E-state index contributed by atoms with van der Waals surface area (Å²) in [5.74, 6) is 0. The van der Waals surface area contributed by atoms with E-state index < -0.39 is 0 Å². The van der Waals surface area contributed by atoms with Crippen LogP contribution in [0.3, 0.4) is 0 Å². The first kappa shape index (κ1) is 33.4. The van der Waals surface area contributed by atoms with E-state index in [1.807, 2.05) is 18.2 Å². The minimum Gasteiger partial charge on any atom is -0.456 e. The highest BCUT2D eigenvalue weighted by Gasteiger charge is 2.19. The second-order valence-electron chi connectivity index (χ2n) is 13.8. The molecule has 1 aliphatic carbocycles. The largest absolute Gasteiger partial charge is 0.456 e. The Hall–Kier alpha value is -6.48. The summed E-state index contributed by atoms with van der Waals surface area (Å²) < 4.78 is 7.70. The van der Waals surface area contributed by atoms with Gasteiger partial charge >= 0.3 is 0 Å². The summed E-state index contributed by atoms with van der Waals surface area (Å²) in [5, 5.41) is 7.67. The SMILES string of the molecule is C=C(/C=c1/ccc(-c2ccccc2)cc1=C)C1=c2cccc/c2=C(C(=C)c2cc3c(cc2-c2cc4ccccc4s2)oc2ccccc23)/C=C/CCC=C1. The predicted octanol–water partition coefficient (Wildman–Crippen LogP) is 11.5. The second kappa shape index (κ2) is 14.2. The maximum atomic E-state index is 6.44. The van der Waals surface area contributed by atoms with Crippen molar-refractivity contribution < 1.29 is 4.42 Å². The number of thiophene rings is 1. The van der Waals surface area contributed by atoms with Crippen molar-refractivity contribution in [3.05, 3.63) is 209 Å². The van der Waals surface area contributed by atoms with Gasteiger partial charge in [0.2, 0.25) is 0 Å². The summed E-state index contributed by atoms with van der Waals surface area (Å²) in [7, 11) is 0. The minimum atomic E-state index is 0.876. The van der Waals surface area contributed by atoms with Crippen LogP contribution in [0.1, 0.15) is 18.4 Å². The van der Waals surface area contributed by atoms with Crippen molar-refractivity contribution in [1.29, 1.82) is 0 Å². The number of allylic oxidation sites excluding steroid dienone is 6. The number of hydrogen-bond acceptors (Lipinski definition) is 2. The molecule has 2 heterocycles. The molecule has 0 amide bonds. The van der Waals surface area contributed by atoms with Crippen LogP contribution in [0.2, 0.25) is 0 Å². The van der Waals surface area contributed by atoms with E-state index in [0.717, 1.165) is 94.6 Å². The molecule has 0 unspecified atom stereocenters. The van der Waals surface area contributed by atoms with E-state index in [-0.39, 0.29) is 0 Å². The Bertz CT molecular complexity index is 3060. The van der Waals surface area contributed by atoms with Gasteiger partial charge in [-0.25, -0.2) is 0 Å². The zero-order valence-electron chi connectivity index (χ0n) is 30.0. The third-order valence-electron chi connectivity index (χ3n) is 10.4. The normalized spacial score (nSPS) is 15.1. The number of para-hydroxylation sites is 1. The fourth-order valence-corrected chi connectivity index (χ4v) is 8.67. The van der Waals surface area contributed by atoms with Gasteiger partial charge in [-0.2, -0.15) is 0 Å². The first-order valence-corrected chi connectivity index (χ1v) is 19.2. The van der Waals surface area contributed by atoms with E-state index in [4.69, 9.17) is 11.0 Å². The lowest BCUT2D eigenvalue weighted by Crippen LogP contribution is -2.29. The highest BCUT2D eigenvalue weighted by molar-refractivity contribution is 7.22. The summed E-state index contributed by atoms with van der Waals surface area (Å²) in [6.45, 7) is 14.0. The molecular formula is C52H38OS. The van der Waals surface area contributed by atoms with Gasteiger partial charge in [-0.15, -0.1) is 11.3 Å². The molecule has 0 saturated carbocycles. The minimum absolute atomic E-state index is 0.876. The Kier molecular flexibility index (Phi) is 8.75. The molecule has 8 aromatic rings. The summed E-state index contributed by atoms with van der Waals surface area (Å²) >= 11 is 1.80. The Balaban J connectivity index is 1.26. The summed E-state index contributed by atoms with van der Waals surface area (Å²) in [4.78, 5) is 1.19. The summed E-state index contributed by atoms with van der Waals surface area (Å²) in [5.41, 5.74) is 10.4. The Morgan fingerprint density at radius 2 is 1.31 bits per heavy atom. The number of benzene rings is 6. The molecule has 1 aliphatic rings. The molecule has 54 heavy (non-hydrogen) atoms. The van der Waals surface area contributed by atoms with E-state index in [2.05, 4.69) is 165 Å². The van der Waals surface area contributed by atoms with Gasteiger partial charge in [0.1, 0.15) is 11.2 Å². The van der Waals surface area contributed by atoms with Gasteiger partial charge in [0.25, 0.3) is 0 Å². The third kappa shape index (κ3) is 6.21. The quantitative estimate of drug-likeness (QED) is 0.167. The molecule has 0 N–H and O–H groups in total. The van der Waals surface area contributed by atoms with Crippen LogP contribution in [0.5, 0.6) is 0 Å². The van der Waals surface area contributed by atoms with Crippen molar-refractivity contribution in [2.45, 2.75) is 12.8 Å². The number of rotatable bonds is 6. The van der Waals surface area contributed by atoms with E-state index in [9.17, 15) is 0 Å². The van der Waals surface area contributed by atoms with Crippen LogP contribution < -0.4 is 20.9 Å². The first-order valence-electron chi connectivity index (χ1n) is 18.4. The van der Waals surface area contributed by atoms with Gasteiger partial charge in [0, 0.05) is 25.9 Å². The lowest BCUT2D eigenvalue weighted by molar-refractivity contribution is 0.669. The number of hydrogen-bond donors (Lipinski definition) is 0. The van der Waals surface area contributed by atoms with Crippen LogP contribution in [0.15, 0.2) is 187 Å². The summed E-state index contributed by atoms with van der Waals surface area (Å²) in [6.07, 6.45) is 13.1. The summed E-state index contributed by atoms with van der Waals surface area (Å²) in [6, 6.07) is 49.2. The maximum Gasteiger partial charge on any atom is 0.136 e. The molecule has 2 aromatic heterocycles. The molecule has 0 saturated heterocycles. The zero-order chi connectivity index (χ0) is 36.6. The van der Waals surface area contributed by atoms with Crippen molar-refractivity contribution >= 4 is 72.7 Å². The maximum absolute atomic E-state index is 6.44. The topological polar surface area (TPSA) is 13.1 Å². The average Bonchev–Trinajstić information content (AvgIpc) is 3.81. The Morgan fingerprint density at radius 3 is 2.11 bits per heavy atom. The van der Waals surface area contributed by atoms with Gasteiger partial charge in [0.15, 0.2) is 0 Å². The fraction of sp³-hybridized carbons (Fsp3) is 0.0385. The van der Waals surface area contributed by atoms with Crippen molar-refractivity contribution in [3.63, 3.8) is 0 Å². The molecule has 0 bridgehead atoms. The van der Waals surface area contributed by atoms with Gasteiger partial charge in [-0.05, 0) is 121 Å². The van der Waals surface area contributed by atoms with Crippen LogP contribution in [-0.4, -0.2) is 0 Å². The monoisotopic (exact) mass is 710 g/mol. The molecule has 0 fully saturated rings. The van der Waals surface area contributed by atoms with Gasteiger partial charge in [-0.1, -0.05) is 147 Å². The molecule has 258 valence electrons. The predicted molar refractivity (Wildman–Crippen MR) is 234 cm³/mol. The van der Waals surface area contributed by atoms with Crippen LogP contribution >= 0.6 is 11.3 Å². The molecule has 1 nitrogen and oxygen atoms in total. The standard InChI is InChI=1S/C52H38OS/c1-34-29-39(37-17-7-6-8-18-37)28-27-38(34)30-35(2)41-20-9-4-5-10-21-42(44-23-13-12-22-43(41)44)36(3)46-32-47-45-24-14-15-25-49(45)53-50(47)33-48(46)52-31-40-19-11-16-26-51(40)54-52/h6-33H,1-5H2/b20-9?,21-10+,38-30-,43-41?,44-42+. The van der Waals surface area contributed by atoms with Crippen LogP contribution in [0, 0.1) is 0 Å². The molecule has 0 aliphatic heterocycles. The van der Waals surface area contributed by atoms with Gasteiger partial charge in [-0.3, -0.25) is 0 Å². The zero-order valence-corrected chi connectivity index (χ0v) is 30.8. The molecule has 2 heteroatoms. The highest BCUT2D eigenvalue weighted by Crippen LogP contribution is 2.43. The lowest BCUT2D eigenvalue weighted by atomic mass is 9.89. The van der Waals surface area contributed by atoms with Crippen molar-refractivity contribution in [3.8, 4) is 21.6 Å².